The number of benzene rings is 1. The zero-order chi connectivity index (χ0) is 14.5. The molecule has 1 aromatic heterocycles. The lowest BCUT2D eigenvalue weighted by atomic mass is 10.1. The van der Waals surface area contributed by atoms with E-state index >= 15 is 0 Å². The number of ether oxygens (including phenoxy) is 1. The Labute approximate surface area is 125 Å². The molecule has 1 unspecified atom stereocenters. The summed E-state index contributed by atoms with van der Waals surface area (Å²) in [5, 5.41) is 4.44. The van der Waals surface area contributed by atoms with E-state index in [9.17, 15) is 0 Å². The average molecular weight is 290 g/mol. The molecule has 1 N–H and O–H groups in total. The van der Waals surface area contributed by atoms with Gasteiger partial charge in [0, 0.05) is 10.9 Å². The Bertz CT molecular complexity index is 546. The highest BCUT2D eigenvalue weighted by atomic mass is 32.1. The standard InChI is InChI=1S/C16H22N2OS/c1-5-17-12(3)14-7-6-8-15(9-14)19-10-16-18-11(2)13(4)20-16/h6-9,12,17H,5,10H2,1-4H3. The minimum atomic E-state index is 0.341. The summed E-state index contributed by atoms with van der Waals surface area (Å²) in [4.78, 5) is 5.76. The Morgan fingerprint density at radius 1 is 1.35 bits per heavy atom. The normalized spacial score (nSPS) is 12.4. The SMILES string of the molecule is CCNC(C)c1cccc(OCc2nc(C)c(C)s2)c1. The van der Waals surface area contributed by atoms with Crippen LogP contribution in [0.1, 0.15) is 41.0 Å². The number of nitrogens with zero attached hydrogens (tertiary/aromatic N) is 1. The first kappa shape index (κ1) is 15.0. The topological polar surface area (TPSA) is 34.1 Å². The fourth-order valence-corrected chi connectivity index (χ4v) is 2.89. The third kappa shape index (κ3) is 3.81. The van der Waals surface area contributed by atoms with Crippen molar-refractivity contribution in [2.45, 2.75) is 40.3 Å². The molecule has 0 aliphatic heterocycles. The van der Waals surface area contributed by atoms with E-state index in [2.05, 4.69) is 43.2 Å². The molecule has 1 heterocycles. The van der Waals surface area contributed by atoms with Crippen LogP contribution in [-0.4, -0.2) is 11.5 Å². The number of rotatable bonds is 6. The summed E-state index contributed by atoms with van der Waals surface area (Å²) in [7, 11) is 0. The second-order valence-corrected chi connectivity index (χ2v) is 6.18. The van der Waals surface area contributed by atoms with Crippen LogP contribution in [0, 0.1) is 13.8 Å². The van der Waals surface area contributed by atoms with Crippen molar-refractivity contribution in [3.63, 3.8) is 0 Å². The van der Waals surface area contributed by atoms with Crippen LogP contribution >= 0.6 is 11.3 Å². The summed E-state index contributed by atoms with van der Waals surface area (Å²) in [5.74, 6) is 0.901. The first-order valence-corrected chi connectivity index (χ1v) is 7.81. The van der Waals surface area contributed by atoms with Crippen LogP contribution in [0.4, 0.5) is 0 Å². The second kappa shape index (κ2) is 6.86. The summed E-state index contributed by atoms with van der Waals surface area (Å²) in [6, 6.07) is 8.60. The lowest BCUT2D eigenvalue weighted by Gasteiger charge is -2.14. The molecule has 0 amide bonds. The van der Waals surface area contributed by atoms with E-state index in [0.717, 1.165) is 23.0 Å². The Hall–Kier alpha value is -1.39. The first-order chi connectivity index (χ1) is 9.60. The van der Waals surface area contributed by atoms with E-state index < -0.39 is 0 Å². The molecule has 108 valence electrons. The molecule has 0 saturated carbocycles. The molecule has 0 bridgehead atoms. The van der Waals surface area contributed by atoms with Gasteiger partial charge >= 0.3 is 0 Å². The van der Waals surface area contributed by atoms with Gasteiger partial charge < -0.3 is 10.1 Å². The average Bonchev–Trinajstić information content (AvgIpc) is 2.76. The van der Waals surface area contributed by atoms with E-state index in [1.165, 1.54) is 10.4 Å². The predicted molar refractivity (Wildman–Crippen MR) is 84.5 cm³/mol. The third-order valence-electron chi connectivity index (χ3n) is 3.30. The molecular formula is C16H22N2OS. The van der Waals surface area contributed by atoms with Crippen molar-refractivity contribution in [2.24, 2.45) is 0 Å². The van der Waals surface area contributed by atoms with E-state index in [1.54, 1.807) is 11.3 Å². The number of aryl methyl sites for hydroxylation is 2. The molecular weight excluding hydrogens is 268 g/mol. The van der Waals surface area contributed by atoms with Gasteiger partial charge in [-0.05, 0) is 45.0 Å². The molecule has 0 fully saturated rings. The van der Waals surface area contributed by atoms with Crippen molar-refractivity contribution >= 4 is 11.3 Å². The van der Waals surface area contributed by atoms with Gasteiger partial charge in [0.25, 0.3) is 0 Å². The Morgan fingerprint density at radius 2 is 2.15 bits per heavy atom. The van der Waals surface area contributed by atoms with Gasteiger partial charge in [-0.2, -0.15) is 0 Å². The fraction of sp³-hybridized carbons (Fsp3) is 0.438. The smallest absolute Gasteiger partial charge is 0.140 e. The van der Waals surface area contributed by atoms with Crippen molar-refractivity contribution < 1.29 is 4.74 Å². The molecule has 2 rings (SSSR count). The van der Waals surface area contributed by atoms with E-state index in [4.69, 9.17) is 4.74 Å². The molecule has 1 atom stereocenters. The highest BCUT2D eigenvalue weighted by Gasteiger charge is 2.07. The van der Waals surface area contributed by atoms with Crippen molar-refractivity contribution in [1.82, 2.24) is 10.3 Å². The Morgan fingerprint density at radius 3 is 2.80 bits per heavy atom. The van der Waals surface area contributed by atoms with Crippen molar-refractivity contribution in [1.29, 1.82) is 0 Å². The molecule has 0 spiro atoms. The summed E-state index contributed by atoms with van der Waals surface area (Å²) in [6.45, 7) is 9.91. The lowest BCUT2D eigenvalue weighted by molar-refractivity contribution is 0.305. The van der Waals surface area contributed by atoms with E-state index in [0.29, 0.717) is 12.6 Å². The van der Waals surface area contributed by atoms with E-state index in [1.807, 2.05) is 19.1 Å². The number of hydrogen-bond acceptors (Lipinski definition) is 4. The van der Waals surface area contributed by atoms with Gasteiger partial charge in [0.05, 0.1) is 5.69 Å². The molecule has 0 aliphatic carbocycles. The monoisotopic (exact) mass is 290 g/mol. The first-order valence-electron chi connectivity index (χ1n) is 6.99. The second-order valence-electron chi connectivity index (χ2n) is 4.89. The van der Waals surface area contributed by atoms with Gasteiger partial charge in [0.2, 0.25) is 0 Å². The van der Waals surface area contributed by atoms with Gasteiger partial charge in [0.1, 0.15) is 17.4 Å². The number of thiazole rings is 1. The molecule has 4 heteroatoms. The molecule has 3 nitrogen and oxygen atoms in total. The largest absolute Gasteiger partial charge is 0.486 e. The van der Waals surface area contributed by atoms with Crippen LogP contribution in [-0.2, 0) is 6.61 Å². The predicted octanol–water partition coefficient (Wildman–Crippen LogP) is 4.01. The molecule has 0 saturated heterocycles. The van der Waals surface area contributed by atoms with Crippen LogP contribution in [0.2, 0.25) is 0 Å². The number of aromatic nitrogens is 1. The quantitative estimate of drug-likeness (QED) is 0.873. The third-order valence-corrected chi connectivity index (χ3v) is 4.35. The zero-order valence-electron chi connectivity index (χ0n) is 12.6. The number of hydrogen-bond donors (Lipinski definition) is 1. The number of nitrogens with one attached hydrogen (secondary N) is 1. The summed E-state index contributed by atoms with van der Waals surface area (Å²) in [5.41, 5.74) is 2.35. The highest BCUT2D eigenvalue weighted by molar-refractivity contribution is 7.11. The van der Waals surface area contributed by atoms with Crippen LogP contribution < -0.4 is 10.1 Å². The highest BCUT2D eigenvalue weighted by Crippen LogP contribution is 2.22. The van der Waals surface area contributed by atoms with Gasteiger partial charge in [-0.1, -0.05) is 19.1 Å². The van der Waals surface area contributed by atoms with Gasteiger partial charge in [-0.15, -0.1) is 11.3 Å². The fourth-order valence-electron chi connectivity index (χ4n) is 2.04. The van der Waals surface area contributed by atoms with Crippen LogP contribution in [0.5, 0.6) is 5.75 Å². The Balaban J connectivity index is 2.01. The van der Waals surface area contributed by atoms with E-state index in [-0.39, 0.29) is 0 Å². The minimum absolute atomic E-state index is 0.341. The maximum atomic E-state index is 5.85. The van der Waals surface area contributed by atoms with Gasteiger partial charge in [0.15, 0.2) is 0 Å². The van der Waals surface area contributed by atoms with Crippen LogP contribution in [0.3, 0.4) is 0 Å². The maximum absolute atomic E-state index is 5.85. The van der Waals surface area contributed by atoms with Crippen molar-refractivity contribution in [3.05, 3.63) is 45.4 Å². The Kier molecular flexibility index (Phi) is 5.15. The van der Waals surface area contributed by atoms with Gasteiger partial charge in [-0.25, -0.2) is 4.98 Å². The van der Waals surface area contributed by atoms with Crippen molar-refractivity contribution in [2.75, 3.05) is 6.54 Å². The molecule has 0 aliphatic rings. The lowest BCUT2D eigenvalue weighted by Crippen LogP contribution is -2.17. The molecule has 20 heavy (non-hydrogen) atoms. The molecule has 0 radical (unpaired) electrons. The summed E-state index contributed by atoms with van der Waals surface area (Å²) >= 11 is 1.70. The maximum Gasteiger partial charge on any atom is 0.140 e. The molecule has 1 aromatic carbocycles. The summed E-state index contributed by atoms with van der Waals surface area (Å²) < 4.78 is 5.85. The van der Waals surface area contributed by atoms with Gasteiger partial charge in [-0.3, -0.25) is 0 Å². The van der Waals surface area contributed by atoms with Crippen LogP contribution in [0.25, 0.3) is 0 Å². The zero-order valence-corrected chi connectivity index (χ0v) is 13.4. The molecule has 2 aromatic rings. The van der Waals surface area contributed by atoms with Crippen LogP contribution in [0.15, 0.2) is 24.3 Å². The summed E-state index contributed by atoms with van der Waals surface area (Å²) in [6.07, 6.45) is 0. The minimum Gasteiger partial charge on any atom is -0.486 e. The van der Waals surface area contributed by atoms with Crippen molar-refractivity contribution in [3.8, 4) is 5.75 Å².